The third kappa shape index (κ3) is 1.51. The van der Waals surface area contributed by atoms with E-state index in [4.69, 9.17) is 4.74 Å². The minimum absolute atomic E-state index is 0.141. The molecule has 0 saturated carbocycles. The lowest BCUT2D eigenvalue weighted by molar-refractivity contribution is -0.118. The number of benzene rings is 1. The van der Waals surface area contributed by atoms with Gasteiger partial charge >= 0.3 is 0 Å². The summed E-state index contributed by atoms with van der Waals surface area (Å²) < 4.78 is 28.8. The maximum absolute atomic E-state index is 11.8. The van der Waals surface area contributed by atoms with E-state index in [1.807, 2.05) is 0 Å². The number of ketones is 1. The summed E-state index contributed by atoms with van der Waals surface area (Å²) >= 11 is 0. The standard InChI is InChI=1S/C11H12O4S/c1-7(12)8-6-16(13,14)10-5-3-4-9(15-2)11(8)10/h3-5,8H,6H2,1-2H3. The molecule has 0 saturated heterocycles. The van der Waals surface area contributed by atoms with Gasteiger partial charge in [-0.1, -0.05) is 6.07 Å². The molecule has 0 bridgehead atoms. The second kappa shape index (κ2) is 3.59. The first-order chi connectivity index (χ1) is 7.47. The third-order valence-corrected chi connectivity index (χ3v) is 4.60. The highest BCUT2D eigenvalue weighted by molar-refractivity contribution is 7.91. The number of carbonyl (C=O) groups excluding carboxylic acids is 1. The normalized spacial score (nSPS) is 21.5. The second-order valence-electron chi connectivity index (χ2n) is 3.82. The zero-order valence-corrected chi connectivity index (χ0v) is 9.87. The van der Waals surface area contributed by atoms with Crippen molar-refractivity contribution < 1.29 is 17.9 Å². The van der Waals surface area contributed by atoms with Crippen LogP contribution in [0.15, 0.2) is 23.1 Å². The van der Waals surface area contributed by atoms with Crippen LogP contribution in [-0.4, -0.2) is 27.1 Å². The molecule has 1 aromatic rings. The highest BCUT2D eigenvalue weighted by Crippen LogP contribution is 2.41. The van der Waals surface area contributed by atoms with E-state index in [9.17, 15) is 13.2 Å². The average molecular weight is 240 g/mol. The Labute approximate surface area is 94.2 Å². The topological polar surface area (TPSA) is 60.4 Å². The third-order valence-electron chi connectivity index (χ3n) is 2.81. The Morgan fingerprint density at radius 3 is 2.69 bits per heavy atom. The molecule has 0 radical (unpaired) electrons. The highest BCUT2D eigenvalue weighted by Gasteiger charge is 2.39. The largest absolute Gasteiger partial charge is 0.496 e. The van der Waals surface area contributed by atoms with Gasteiger partial charge in [-0.25, -0.2) is 8.42 Å². The molecule has 0 amide bonds. The van der Waals surface area contributed by atoms with Crippen molar-refractivity contribution in [1.82, 2.24) is 0 Å². The molecule has 0 spiro atoms. The molecule has 4 nitrogen and oxygen atoms in total. The van der Waals surface area contributed by atoms with Crippen LogP contribution in [0, 0.1) is 0 Å². The first kappa shape index (κ1) is 11.1. The molecule has 1 atom stereocenters. The van der Waals surface area contributed by atoms with Crippen molar-refractivity contribution in [2.24, 2.45) is 0 Å². The maximum atomic E-state index is 11.8. The van der Waals surface area contributed by atoms with Crippen molar-refractivity contribution in [3.63, 3.8) is 0 Å². The number of methoxy groups -OCH3 is 1. The van der Waals surface area contributed by atoms with Gasteiger partial charge in [-0.15, -0.1) is 0 Å². The van der Waals surface area contributed by atoms with Crippen LogP contribution in [0.2, 0.25) is 0 Å². The van der Waals surface area contributed by atoms with Crippen LogP contribution >= 0.6 is 0 Å². The molecule has 16 heavy (non-hydrogen) atoms. The highest BCUT2D eigenvalue weighted by atomic mass is 32.2. The molecule has 1 aliphatic heterocycles. The van der Waals surface area contributed by atoms with Crippen molar-refractivity contribution in [1.29, 1.82) is 0 Å². The van der Waals surface area contributed by atoms with Crippen molar-refractivity contribution >= 4 is 15.6 Å². The van der Waals surface area contributed by atoms with Crippen molar-refractivity contribution in [2.45, 2.75) is 17.7 Å². The Morgan fingerprint density at radius 1 is 1.44 bits per heavy atom. The lowest BCUT2D eigenvalue weighted by Crippen LogP contribution is -2.11. The van der Waals surface area contributed by atoms with Crippen LogP contribution in [0.3, 0.4) is 0 Å². The summed E-state index contributed by atoms with van der Waals surface area (Å²) in [5, 5.41) is 0. The van der Waals surface area contributed by atoms with Gasteiger partial charge in [0, 0.05) is 5.56 Å². The number of fused-ring (bicyclic) bond motifs is 1. The zero-order valence-electron chi connectivity index (χ0n) is 9.06. The summed E-state index contributed by atoms with van der Waals surface area (Å²) in [4.78, 5) is 11.7. The van der Waals surface area contributed by atoms with Crippen molar-refractivity contribution in [3.8, 4) is 5.75 Å². The lowest BCUT2D eigenvalue weighted by atomic mass is 9.97. The number of rotatable bonds is 2. The molecule has 5 heteroatoms. The summed E-state index contributed by atoms with van der Waals surface area (Å²) in [5.41, 5.74) is 0.512. The molecule has 1 heterocycles. The van der Waals surface area contributed by atoms with Gasteiger partial charge in [-0.3, -0.25) is 4.79 Å². The van der Waals surface area contributed by atoms with Crippen LogP contribution in [0.1, 0.15) is 18.4 Å². The fraction of sp³-hybridized carbons (Fsp3) is 0.364. The molecular weight excluding hydrogens is 228 g/mol. The van der Waals surface area contributed by atoms with Crippen LogP contribution in [0.4, 0.5) is 0 Å². The first-order valence-electron chi connectivity index (χ1n) is 4.87. The van der Waals surface area contributed by atoms with Gasteiger partial charge in [0.1, 0.15) is 11.5 Å². The number of hydrogen-bond donors (Lipinski definition) is 0. The minimum atomic E-state index is -3.33. The number of Topliss-reactive ketones (excluding diaryl/α,β-unsaturated/α-hetero) is 1. The molecule has 1 aliphatic rings. The van der Waals surface area contributed by atoms with Gasteiger partial charge in [-0.2, -0.15) is 0 Å². The summed E-state index contributed by atoms with van der Waals surface area (Å²) in [6.45, 7) is 1.40. The lowest BCUT2D eigenvalue weighted by Gasteiger charge is -2.10. The van der Waals surface area contributed by atoms with Crippen molar-refractivity contribution in [3.05, 3.63) is 23.8 Å². The Hall–Kier alpha value is -1.36. The molecule has 0 aliphatic carbocycles. The Bertz CT molecular complexity index is 545. The Balaban J connectivity index is 2.73. The van der Waals surface area contributed by atoms with Gasteiger partial charge in [0.2, 0.25) is 0 Å². The van der Waals surface area contributed by atoms with E-state index in [-0.39, 0.29) is 16.4 Å². The van der Waals surface area contributed by atoms with Gasteiger partial charge < -0.3 is 4.74 Å². The molecule has 0 N–H and O–H groups in total. The summed E-state index contributed by atoms with van der Waals surface area (Å²) in [6, 6.07) is 4.82. The van der Waals surface area contributed by atoms with Gasteiger partial charge in [0.15, 0.2) is 9.84 Å². The molecule has 0 fully saturated rings. The maximum Gasteiger partial charge on any atom is 0.179 e. The predicted molar refractivity (Wildman–Crippen MR) is 58.5 cm³/mol. The molecule has 86 valence electrons. The van der Waals surface area contributed by atoms with Gasteiger partial charge in [-0.05, 0) is 19.1 Å². The van der Waals surface area contributed by atoms with E-state index in [0.717, 1.165) is 0 Å². The summed E-state index contributed by atoms with van der Waals surface area (Å²) in [7, 11) is -1.86. The number of carbonyl (C=O) groups is 1. The van der Waals surface area contributed by atoms with Gasteiger partial charge in [0.25, 0.3) is 0 Å². The molecule has 1 aromatic carbocycles. The van der Waals surface area contributed by atoms with Crippen LogP contribution in [0.5, 0.6) is 5.75 Å². The molecular formula is C11H12O4S. The molecule has 2 rings (SSSR count). The monoisotopic (exact) mass is 240 g/mol. The average Bonchev–Trinajstić information content (AvgIpc) is 2.51. The Kier molecular flexibility index (Phi) is 2.50. The number of ether oxygens (including phenoxy) is 1. The van der Waals surface area contributed by atoms with E-state index in [0.29, 0.717) is 11.3 Å². The fourth-order valence-electron chi connectivity index (χ4n) is 2.03. The van der Waals surface area contributed by atoms with E-state index >= 15 is 0 Å². The molecule has 0 aromatic heterocycles. The fourth-order valence-corrected chi connectivity index (χ4v) is 3.91. The summed E-state index contributed by atoms with van der Waals surface area (Å²) in [5.74, 6) is -0.403. The number of sulfone groups is 1. The second-order valence-corrected chi connectivity index (χ2v) is 5.82. The van der Waals surface area contributed by atoms with Crippen LogP contribution in [-0.2, 0) is 14.6 Å². The quantitative estimate of drug-likeness (QED) is 0.778. The Morgan fingerprint density at radius 2 is 2.12 bits per heavy atom. The first-order valence-corrected chi connectivity index (χ1v) is 6.52. The molecule has 1 unspecified atom stereocenters. The number of hydrogen-bond acceptors (Lipinski definition) is 4. The van der Waals surface area contributed by atoms with Crippen LogP contribution in [0.25, 0.3) is 0 Å². The smallest absolute Gasteiger partial charge is 0.179 e. The zero-order chi connectivity index (χ0) is 11.9. The summed E-state index contributed by atoms with van der Waals surface area (Å²) in [6.07, 6.45) is 0. The van der Waals surface area contributed by atoms with Crippen LogP contribution < -0.4 is 4.74 Å². The van der Waals surface area contributed by atoms with Crippen molar-refractivity contribution in [2.75, 3.05) is 12.9 Å². The van der Waals surface area contributed by atoms with E-state index in [2.05, 4.69) is 0 Å². The van der Waals surface area contributed by atoms with E-state index in [1.165, 1.54) is 20.1 Å². The predicted octanol–water partition coefficient (Wildman–Crippen LogP) is 1.16. The van der Waals surface area contributed by atoms with Gasteiger partial charge in [0.05, 0.1) is 23.7 Å². The SMILES string of the molecule is COc1cccc2c1C(C(C)=O)CS2(=O)=O. The van der Waals surface area contributed by atoms with E-state index < -0.39 is 15.8 Å². The minimum Gasteiger partial charge on any atom is -0.496 e. The van der Waals surface area contributed by atoms with E-state index in [1.54, 1.807) is 12.1 Å².